The Bertz CT molecular complexity index is 1210. The van der Waals surface area contributed by atoms with Gasteiger partial charge in [-0.1, -0.05) is 54.0 Å². The quantitative estimate of drug-likeness (QED) is 0.264. The van der Waals surface area contributed by atoms with Crippen molar-refractivity contribution in [3.8, 4) is 0 Å². The standard InChI is InChI=1S/C34H50O7.2Na/c1-29(2)23-10-13-34(7)27(32(23,5)12-11-24(29)41-26(38)9-8-25(36)37)22(35)18-20-21-19-31(4,28(39)40)15-14-30(21,3)16-17-33(20,34)6;;/h18,21,23-24,27H,8-17,19H2,1-7H3,(H,36,37)(H,39,40);;/q;2*+1/p-2/t21-,23+,24+,27+,30-,31-,32+,33+,34+;;/m1../s1. The van der Waals surface area contributed by atoms with E-state index >= 15 is 0 Å². The molecular weight excluding hydrogens is 566 g/mol. The molecule has 7 nitrogen and oxygen atoms in total. The molecule has 5 rings (SSSR count). The molecule has 0 bridgehead atoms. The van der Waals surface area contributed by atoms with E-state index in [2.05, 4.69) is 41.5 Å². The molecule has 0 aliphatic heterocycles. The van der Waals surface area contributed by atoms with Crippen molar-refractivity contribution < 1.29 is 93.2 Å². The van der Waals surface area contributed by atoms with Crippen LogP contribution >= 0.6 is 0 Å². The van der Waals surface area contributed by atoms with Crippen molar-refractivity contribution in [2.75, 3.05) is 0 Å². The van der Waals surface area contributed by atoms with E-state index in [1.54, 1.807) is 0 Å². The maximum atomic E-state index is 14.4. The number of rotatable bonds is 5. The summed E-state index contributed by atoms with van der Waals surface area (Å²) in [4.78, 5) is 50.0. The molecule has 0 saturated heterocycles. The van der Waals surface area contributed by atoms with Crippen LogP contribution in [0.15, 0.2) is 11.6 Å². The first kappa shape index (κ1) is 37.3. The van der Waals surface area contributed by atoms with E-state index in [-0.39, 0.29) is 129 Å². The predicted molar refractivity (Wildman–Crippen MR) is 149 cm³/mol. The second kappa shape index (κ2) is 12.1. The number of hydrogen-bond acceptors (Lipinski definition) is 7. The van der Waals surface area contributed by atoms with Crippen LogP contribution in [-0.4, -0.2) is 29.8 Å². The number of fused-ring (bicyclic) bond motifs is 7. The van der Waals surface area contributed by atoms with Crippen molar-refractivity contribution in [1.29, 1.82) is 0 Å². The van der Waals surface area contributed by atoms with Gasteiger partial charge in [-0.15, -0.1) is 0 Å². The number of allylic oxidation sites excluding steroid dienone is 2. The minimum absolute atomic E-state index is 0. The van der Waals surface area contributed by atoms with Crippen LogP contribution < -0.4 is 69.3 Å². The number of carboxylic acid groups (broad SMARTS) is 2. The van der Waals surface area contributed by atoms with Gasteiger partial charge in [0.1, 0.15) is 6.10 Å². The Hall–Kier alpha value is -0.180. The van der Waals surface area contributed by atoms with E-state index in [1.165, 1.54) is 5.57 Å². The number of ether oxygens (including phenoxy) is 1. The van der Waals surface area contributed by atoms with Crippen molar-refractivity contribution in [3.05, 3.63) is 11.6 Å². The van der Waals surface area contributed by atoms with E-state index in [0.717, 1.165) is 38.5 Å². The summed E-state index contributed by atoms with van der Waals surface area (Å²) in [6.07, 6.45) is 8.26. The summed E-state index contributed by atoms with van der Waals surface area (Å²) in [5, 5.41) is 23.1. The number of aliphatic carboxylic acids is 2. The number of ketones is 1. The molecule has 0 aromatic carbocycles. The summed E-state index contributed by atoms with van der Waals surface area (Å²) in [5.41, 5.74) is -0.823. The van der Waals surface area contributed by atoms with Gasteiger partial charge in [0.25, 0.3) is 0 Å². The molecule has 228 valence electrons. The normalized spacial score (nSPS) is 44.4. The molecule has 5 aliphatic carbocycles. The fraction of sp³-hybridized carbons (Fsp3) is 0.824. The molecule has 0 unspecified atom stereocenters. The SMILES string of the molecule is CC1(C)[C@@H](OC(=O)CCC(=O)[O-])CC[C@@]2(C)[C@H]1CC[C@@]1(C)[C@H]2C(=O)C=C2[C@H]3C[C@](C)(C(=O)[O-])CC[C@]3(C)CC[C@@]21C.[Na+].[Na+]. The molecule has 0 aromatic rings. The fourth-order valence-electron chi connectivity index (χ4n) is 11.0. The number of carbonyl (C=O) groups excluding carboxylic acids is 4. The number of carboxylic acids is 2. The van der Waals surface area contributed by atoms with Crippen LogP contribution in [-0.2, 0) is 23.9 Å². The van der Waals surface area contributed by atoms with Crippen LogP contribution in [0, 0.1) is 50.2 Å². The van der Waals surface area contributed by atoms with Gasteiger partial charge in [-0.05, 0) is 104 Å². The third-order valence-electron chi connectivity index (χ3n) is 13.8. The average molecular weight is 615 g/mol. The van der Waals surface area contributed by atoms with Gasteiger partial charge in [-0.25, -0.2) is 0 Å². The van der Waals surface area contributed by atoms with Crippen LogP contribution in [0.25, 0.3) is 0 Å². The second-order valence-corrected chi connectivity index (χ2v) is 16.3. The topological polar surface area (TPSA) is 124 Å². The predicted octanol–water partition coefficient (Wildman–Crippen LogP) is -1.83. The summed E-state index contributed by atoms with van der Waals surface area (Å²) in [6.45, 7) is 15.3. The summed E-state index contributed by atoms with van der Waals surface area (Å²) in [5.74, 6) is -2.53. The van der Waals surface area contributed by atoms with Crippen LogP contribution in [0.1, 0.15) is 119 Å². The smallest absolute Gasteiger partial charge is 0.550 e. The van der Waals surface area contributed by atoms with E-state index < -0.39 is 23.3 Å². The first-order valence-corrected chi connectivity index (χ1v) is 15.7. The van der Waals surface area contributed by atoms with Gasteiger partial charge in [-0.2, -0.15) is 0 Å². The summed E-state index contributed by atoms with van der Waals surface area (Å²) in [6, 6.07) is 0. The molecule has 0 radical (unpaired) electrons. The number of esters is 1. The molecule has 4 fully saturated rings. The largest absolute Gasteiger partial charge is 1.00 e. The van der Waals surface area contributed by atoms with E-state index in [9.17, 15) is 29.4 Å². The Morgan fingerprint density at radius 2 is 1.49 bits per heavy atom. The van der Waals surface area contributed by atoms with Crippen LogP contribution in [0.5, 0.6) is 0 Å². The van der Waals surface area contributed by atoms with Crippen LogP contribution in [0.2, 0.25) is 0 Å². The zero-order chi connectivity index (χ0) is 30.4. The molecule has 5 aliphatic rings. The summed E-state index contributed by atoms with van der Waals surface area (Å²) < 4.78 is 5.87. The number of carbonyl (C=O) groups is 4. The first-order chi connectivity index (χ1) is 18.8. The van der Waals surface area contributed by atoms with Crippen molar-refractivity contribution in [1.82, 2.24) is 0 Å². The van der Waals surface area contributed by atoms with Crippen molar-refractivity contribution in [2.24, 2.45) is 50.2 Å². The molecule has 0 N–H and O–H groups in total. The summed E-state index contributed by atoms with van der Waals surface area (Å²) in [7, 11) is 0. The maximum absolute atomic E-state index is 14.4. The third kappa shape index (κ3) is 5.60. The zero-order valence-corrected chi connectivity index (χ0v) is 32.0. The maximum Gasteiger partial charge on any atom is 1.00 e. The summed E-state index contributed by atoms with van der Waals surface area (Å²) >= 11 is 0. The molecule has 0 amide bonds. The minimum Gasteiger partial charge on any atom is -0.550 e. The van der Waals surface area contributed by atoms with Gasteiger partial charge in [0.05, 0.1) is 6.42 Å². The number of hydrogen-bond donors (Lipinski definition) is 0. The van der Waals surface area contributed by atoms with Crippen molar-refractivity contribution >= 4 is 23.7 Å². The van der Waals surface area contributed by atoms with Crippen molar-refractivity contribution in [3.63, 3.8) is 0 Å². The van der Waals surface area contributed by atoms with Crippen LogP contribution in [0.3, 0.4) is 0 Å². The molecular formula is C34H48Na2O7. The Kier molecular flexibility index (Phi) is 10.5. The molecule has 9 atom stereocenters. The van der Waals surface area contributed by atoms with Gasteiger partial charge >= 0.3 is 65.1 Å². The molecule has 4 saturated carbocycles. The second-order valence-electron chi connectivity index (χ2n) is 16.3. The first-order valence-electron chi connectivity index (χ1n) is 15.7. The Morgan fingerprint density at radius 3 is 2.09 bits per heavy atom. The van der Waals surface area contributed by atoms with Crippen LogP contribution in [0.4, 0.5) is 0 Å². The molecule has 0 heterocycles. The molecule has 9 heteroatoms. The Morgan fingerprint density at radius 1 is 0.860 bits per heavy atom. The van der Waals surface area contributed by atoms with E-state index in [0.29, 0.717) is 19.3 Å². The van der Waals surface area contributed by atoms with Gasteiger partial charge in [0.15, 0.2) is 5.78 Å². The molecule has 0 aromatic heterocycles. The molecule has 43 heavy (non-hydrogen) atoms. The van der Waals surface area contributed by atoms with Gasteiger partial charge in [0, 0.05) is 28.7 Å². The molecule has 0 spiro atoms. The van der Waals surface area contributed by atoms with Gasteiger partial charge < -0.3 is 24.5 Å². The van der Waals surface area contributed by atoms with Crippen molar-refractivity contribution in [2.45, 2.75) is 125 Å². The third-order valence-corrected chi connectivity index (χ3v) is 13.8. The van der Waals surface area contributed by atoms with Gasteiger partial charge in [0.2, 0.25) is 0 Å². The fourth-order valence-corrected chi connectivity index (χ4v) is 11.0. The monoisotopic (exact) mass is 614 g/mol. The van der Waals surface area contributed by atoms with Gasteiger partial charge in [-0.3, -0.25) is 9.59 Å². The van der Waals surface area contributed by atoms with E-state index in [1.807, 2.05) is 13.0 Å². The minimum atomic E-state index is -1.26. The zero-order valence-electron chi connectivity index (χ0n) is 28.0. The Balaban J connectivity index is 0.00000253. The average Bonchev–Trinajstić information content (AvgIpc) is 2.86. The Labute approximate surface area is 301 Å². The van der Waals surface area contributed by atoms with E-state index in [4.69, 9.17) is 4.74 Å².